The lowest BCUT2D eigenvalue weighted by Gasteiger charge is -2.38. The second-order valence-corrected chi connectivity index (χ2v) is 14.0. The first-order chi connectivity index (χ1) is 17.6. The predicted octanol–water partition coefficient (Wildman–Crippen LogP) is 4.88. The van der Waals surface area contributed by atoms with Gasteiger partial charge in [-0.2, -0.15) is 0 Å². The third-order valence-corrected chi connectivity index (χ3v) is 10.5. The number of sulfone groups is 1. The summed E-state index contributed by atoms with van der Waals surface area (Å²) in [6, 6.07) is 11.2. The van der Waals surface area contributed by atoms with E-state index in [1.54, 1.807) is 24.3 Å². The number of fused-ring (bicyclic) bond motifs is 1. The Balaban J connectivity index is 1.15. The van der Waals surface area contributed by atoms with Gasteiger partial charge in [0.1, 0.15) is 5.60 Å². The molecule has 3 heterocycles. The van der Waals surface area contributed by atoms with E-state index < -0.39 is 15.8 Å². The molecule has 37 heavy (non-hydrogen) atoms. The first kappa shape index (κ1) is 24.6. The molecule has 7 nitrogen and oxygen atoms in total. The second kappa shape index (κ2) is 8.67. The SMILES string of the molecule is CC1(C)CCS(=O)(=O)c2c(C3CC3)cc(CN3CCC4(CC3)CC(c3ccc(C(=O)O)cc3)=NO4)cc21. The molecule has 1 saturated heterocycles. The third-order valence-electron chi connectivity index (χ3n) is 8.71. The predicted molar refractivity (Wildman–Crippen MR) is 141 cm³/mol. The summed E-state index contributed by atoms with van der Waals surface area (Å²) < 4.78 is 26.1. The quantitative estimate of drug-likeness (QED) is 0.602. The number of likely N-dealkylation sites (tertiary alicyclic amines) is 1. The normalized spacial score (nSPS) is 23.8. The monoisotopic (exact) mass is 522 g/mol. The summed E-state index contributed by atoms with van der Waals surface area (Å²) in [5, 5.41) is 13.5. The van der Waals surface area contributed by atoms with Crippen LogP contribution in [-0.2, 0) is 26.6 Å². The molecule has 0 atom stereocenters. The fourth-order valence-corrected chi connectivity index (χ4v) is 8.34. The van der Waals surface area contributed by atoms with Gasteiger partial charge in [0.05, 0.1) is 21.9 Å². The van der Waals surface area contributed by atoms with Gasteiger partial charge in [0.2, 0.25) is 0 Å². The van der Waals surface area contributed by atoms with E-state index in [0.29, 0.717) is 17.2 Å². The van der Waals surface area contributed by atoms with Crippen molar-refractivity contribution in [1.29, 1.82) is 0 Å². The summed E-state index contributed by atoms with van der Waals surface area (Å²) in [6.45, 7) is 6.94. The zero-order valence-corrected chi connectivity index (χ0v) is 22.3. The van der Waals surface area contributed by atoms with Crippen LogP contribution in [0.15, 0.2) is 46.4 Å². The molecule has 1 N–H and O–H groups in total. The lowest BCUT2D eigenvalue weighted by atomic mass is 9.79. The highest BCUT2D eigenvalue weighted by Crippen LogP contribution is 2.49. The van der Waals surface area contributed by atoms with E-state index in [2.05, 4.69) is 36.0 Å². The van der Waals surface area contributed by atoms with Crippen molar-refractivity contribution < 1.29 is 23.2 Å². The van der Waals surface area contributed by atoms with Crippen molar-refractivity contribution in [2.45, 2.75) is 80.7 Å². The molecule has 8 heteroatoms. The highest BCUT2D eigenvalue weighted by molar-refractivity contribution is 7.91. The Morgan fingerprint density at radius 1 is 1.11 bits per heavy atom. The van der Waals surface area contributed by atoms with Gasteiger partial charge in [-0.1, -0.05) is 43.3 Å². The summed E-state index contributed by atoms with van der Waals surface area (Å²) in [5.74, 6) is -0.309. The Kier molecular flexibility index (Phi) is 5.77. The van der Waals surface area contributed by atoms with Gasteiger partial charge < -0.3 is 9.94 Å². The molecule has 0 radical (unpaired) electrons. The number of benzene rings is 2. The van der Waals surface area contributed by atoms with Crippen LogP contribution in [0.3, 0.4) is 0 Å². The first-order valence-electron chi connectivity index (χ1n) is 13.3. The maximum atomic E-state index is 13.1. The lowest BCUT2D eigenvalue weighted by molar-refractivity contribution is -0.0627. The van der Waals surface area contributed by atoms with Crippen LogP contribution in [0, 0.1) is 0 Å². The molecule has 1 saturated carbocycles. The molecule has 0 amide bonds. The van der Waals surface area contributed by atoms with Gasteiger partial charge in [-0.3, -0.25) is 4.90 Å². The molecule has 6 rings (SSSR count). The Labute approximate surface area is 218 Å². The number of hydrogen-bond donors (Lipinski definition) is 1. The van der Waals surface area contributed by atoms with Crippen LogP contribution in [0.1, 0.15) is 90.9 Å². The minimum atomic E-state index is -3.22. The van der Waals surface area contributed by atoms with Crippen molar-refractivity contribution >= 4 is 21.5 Å². The van der Waals surface area contributed by atoms with Crippen LogP contribution in [0.4, 0.5) is 0 Å². The number of piperidine rings is 1. The standard InChI is InChI=1S/C29H34N2O5S/c1-28(2)11-14-37(34,35)26-23(20-3-4-20)15-19(16-24(26)28)18-31-12-9-29(10-13-31)17-25(30-36-29)21-5-7-22(8-6-21)27(32)33/h5-8,15-16,20H,3-4,9-14,17-18H2,1-2H3,(H,32,33). The fourth-order valence-electron chi connectivity index (χ4n) is 6.10. The highest BCUT2D eigenvalue weighted by Gasteiger charge is 2.43. The summed E-state index contributed by atoms with van der Waals surface area (Å²) in [6.07, 6.45) is 5.29. The van der Waals surface area contributed by atoms with Crippen LogP contribution in [0.5, 0.6) is 0 Å². The molecular formula is C29H34N2O5S. The van der Waals surface area contributed by atoms with E-state index in [1.165, 1.54) is 5.56 Å². The molecule has 1 aliphatic carbocycles. The van der Waals surface area contributed by atoms with Crippen LogP contribution in [-0.4, -0.2) is 54.5 Å². The largest absolute Gasteiger partial charge is 0.478 e. The lowest BCUT2D eigenvalue weighted by Crippen LogP contribution is -2.44. The molecule has 2 aromatic rings. The Hall–Kier alpha value is -2.71. The van der Waals surface area contributed by atoms with Gasteiger partial charge >= 0.3 is 5.97 Å². The van der Waals surface area contributed by atoms with Crippen LogP contribution in [0.25, 0.3) is 0 Å². The van der Waals surface area contributed by atoms with Gasteiger partial charge in [0.15, 0.2) is 9.84 Å². The van der Waals surface area contributed by atoms with Crippen molar-refractivity contribution in [1.82, 2.24) is 4.90 Å². The second-order valence-electron chi connectivity index (χ2n) is 11.9. The maximum absolute atomic E-state index is 13.1. The zero-order valence-electron chi connectivity index (χ0n) is 21.5. The summed E-state index contributed by atoms with van der Waals surface area (Å²) in [4.78, 5) is 20.2. The molecule has 2 aromatic carbocycles. The van der Waals surface area contributed by atoms with Crippen molar-refractivity contribution in [3.8, 4) is 0 Å². The number of aromatic carboxylic acids is 1. The number of carboxylic acids is 1. The smallest absolute Gasteiger partial charge is 0.335 e. The fraction of sp³-hybridized carbons (Fsp3) is 0.517. The van der Waals surface area contributed by atoms with Crippen LogP contribution >= 0.6 is 0 Å². The number of hydrogen-bond acceptors (Lipinski definition) is 6. The van der Waals surface area contributed by atoms with E-state index >= 15 is 0 Å². The number of carboxylic acid groups (broad SMARTS) is 1. The minimum absolute atomic E-state index is 0.139. The van der Waals surface area contributed by atoms with Crippen LogP contribution < -0.4 is 0 Å². The van der Waals surface area contributed by atoms with E-state index in [-0.39, 0.29) is 22.3 Å². The molecular weight excluding hydrogens is 488 g/mol. The summed E-state index contributed by atoms with van der Waals surface area (Å²) >= 11 is 0. The number of carbonyl (C=O) groups is 1. The molecule has 0 unspecified atom stereocenters. The van der Waals surface area contributed by atoms with Gasteiger partial charge in [-0.25, -0.2) is 13.2 Å². The molecule has 0 aromatic heterocycles. The van der Waals surface area contributed by atoms with Crippen molar-refractivity contribution in [2.24, 2.45) is 5.16 Å². The van der Waals surface area contributed by atoms with E-state index in [0.717, 1.165) is 74.1 Å². The average Bonchev–Trinajstić information content (AvgIpc) is 3.64. The average molecular weight is 523 g/mol. The molecule has 4 aliphatic rings. The third kappa shape index (κ3) is 4.59. The van der Waals surface area contributed by atoms with Gasteiger partial charge in [0.25, 0.3) is 0 Å². The Bertz CT molecular complexity index is 1380. The maximum Gasteiger partial charge on any atom is 0.335 e. The number of oxime groups is 1. The topological polar surface area (TPSA) is 96.3 Å². The van der Waals surface area contributed by atoms with Gasteiger partial charge in [0, 0.05) is 38.9 Å². The van der Waals surface area contributed by atoms with Gasteiger partial charge in [-0.15, -0.1) is 0 Å². The number of rotatable bonds is 5. The van der Waals surface area contributed by atoms with E-state index in [4.69, 9.17) is 9.94 Å². The highest BCUT2D eigenvalue weighted by atomic mass is 32.2. The van der Waals surface area contributed by atoms with Crippen molar-refractivity contribution in [3.05, 3.63) is 64.2 Å². The molecule has 0 bridgehead atoms. The first-order valence-corrected chi connectivity index (χ1v) is 14.9. The Morgan fingerprint density at radius 2 is 1.81 bits per heavy atom. The number of nitrogens with zero attached hydrogens (tertiary/aromatic N) is 2. The van der Waals surface area contributed by atoms with E-state index in [1.807, 2.05) is 0 Å². The summed E-state index contributed by atoms with van der Waals surface area (Å²) in [7, 11) is -3.22. The zero-order chi connectivity index (χ0) is 26.0. The Morgan fingerprint density at radius 3 is 2.46 bits per heavy atom. The van der Waals surface area contributed by atoms with Crippen molar-refractivity contribution in [2.75, 3.05) is 18.8 Å². The van der Waals surface area contributed by atoms with Crippen molar-refractivity contribution in [3.63, 3.8) is 0 Å². The molecule has 3 aliphatic heterocycles. The van der Waals surface area contributed by atoms with E-state index in [9.17, 15) is 13.2 Å². The minimum Gasteiger partial charge on any atom is -0.478 e. The molecule has 1 spiro atoms. The van der Waals surface area contributed by atoms with Crippen LogP contribution in [0.2, 0.25) is 0 Å². The molecule has 2 fully saturated rings. The van der Waals surface area contributed by atoms with Gasteiger partial charge in [-0.05, 0) is 65.0 Å². The molecule has 196 valence electrons. The summed E-state index contributed by atoms with van der Waals surface area (Å²) in [5.41, 5.74) is 4.88.